The molecule has 3 aliphatic rings. The molecule has 4 N–H and O–H groups in total. The van der Waals surface area contributed by atoms with E-state index in [1.807, 2.05) is 0 Å². The number of thiol groups is 1. The second kappa shape index (κ2) is 11.8. The number of anilines is 1. The summed E-state index contributed by atoms with van der Waals surface area (Å²) in [5.41, 5.74) is 6.78. The van der Waals surface area contributed by atoms with Gasteiger partial charge < -0.3 is 29.7 Å². The highest BCUT2D eigenvalue weighted by Gasteiger charge is 2.52. The quantitative estimate of drug-likeness (QED) is 0.166. The predicted octanol–water partition coefficient (Wildman–Crippen LogP) is 1.29. The van der Waals surface area contributed by atoms with Crippen LogP contribution >= 0.6 is 25.8 Å². The predicted molar refractivity (Wildman–Crippen MR) is 149 cm³/mol. The third-order valence-corrected chi connectivity index (χ3v) is 9.77. The molecule has 10 atom stereocenters. The van der Waals surface area contributed by atoms with Crippen molar-refractivity contribution < 1.29 is 46.5 Å². The molecule has 0 spiro atoms. The van der Waals surface area contributed by atoms with Gasteiger partial charge in [0.1, 0.15) is 48.5 Å². The van der Waals surface area contributed by atoms with Gasteiger partial charge in [-0.25, -0.2) is 23.9 Å². The van der Waals surface area contributed by atoms with Crippen molar-refractivity contribution in [1.29, 1.82) is 0 Å². The molecule has 6 rings (SSSR count). The minimum atomic E-state index is -4.30. The van der Waals surface area contributed by atoms with Crippen LogP contribution in [0.5, 0.6) is 0 Å². The third kappa shape index (κ3) is 6.11. The van der Waals surface area contributed by atoms with Gasteiger partial charge in [0.25, 0.3) is 0 Å². The van der Waals surface area contributed by atoms with Gasteiger partial charge in [0.05, 0.1) is 19.5 Å². The van der Waals surface area contributed by atoms with Crippen LogP contribution in [-0.2, 0) is 43.9 Å². The zero-order chi connectivity index (χ0) is 29.6. The number of ether oxygens (including phenoxy) is 2. The van der Waals surface area contributed by atoms with E-state index in [1.54, 1.807) is 18.3 Å². The van der Waals surface area contributed by atoms with Crippen LogP contribution in [0.2, 0.25) is 0 Å². The summed E-state index contributed by atoms with van der Waals surface area (Å²) in [6, 6.07) is 3.40. The van der Waals surface area contributed by atoms with Gasteiger partial charge in [0.2, 0.25) is 0 Å². The van der Waals surface area contributed by atoms with Crippen LogP contribution in [-0.4, -0.2) is 90.5 Å². The average molecular weight is 661 g/mol. The Morgan fingerprint density at radius 1 is 1.17 bits per heavy atom. The fourth-order valence-electron chi connectivity index (χ4n) is 4.64. The van der Waals surface area contributed by atoms with Crippen LogP contribution < -0.4 is 5.73 Å². The summed E-state index contributed by atoms with van der Waals surface area (Å²) in [7, 11) is 0. The van der Waals surface area contributed by atoms with E-state index in [0.29, 0.717) is 5.56 Å². The summed E-state index contributed by atoms with van der Waals surface area (Å²) in [5.74, 6) is 5.73. The number of pyridine rings is 1. The Morgan fingerprint density at radius 3 is 2.76 bits per heavy atom. The first-order chi connectivity index (χ1) is 20.0. The first-order valence-corrected chi connectivity index (χ1v) is 17.6. The molecular weight excluding hydrogens is 637 g/mol. The summed E-state index contributed by atoms with van der Waals surface area (Å²) < 4.78 is 64.1. The molecule has 0 saturated carbocycles. The van der Waals surface area contributed by atoms with Crippen LogP contribution in [0.4, 0.5) is 10.2 Å². The normalized spacial score (nSPS) is 39.0. The largest absolute Gasteiger partial charge is 0.387 e. The van der Waals surface area contributed by atoms with Crippen LogP contribution in [0, 0.1) is 11.8 Å². The van der Waals surface area contributed by atoms with Crippen LogP contribution in [0.3, 0.4) is 0 Å². The van der Waals surface area contributed by atoms with Crippen molar-refractivity contribution in [3.8, 4) is 11.8 Å². The molecule has 0 amide bonds. The molecule has 0 aromatic carbocycles. The van der Waals surface area contributed by atoms with E-state index in [2.05, 4.69) is 44.0 Å². The topological polar surface area (TPSA) is 195 Å². The van der Waals surface area contributed by atoms with Crippen molar-refractivity contribution in [2.45, 2.75) is 49.0 Å². The lowest BCUT2D eigenvalue weighted by Crippen LogP contribution is -2.36. The number of nitrogens with two attached hydrogens (primary N) is 1. The highest BCUT2D eigenvalue weighted by atomic mass is 32.7. The highest BCUT2D eigenvalue weighted by molar-refractivity contribution is 8.44. The van der Waals surface area contributed by atoms with Crippen molar-refractivity contribution >= 4 is 54.6 Å². The van der Waals surface area contributed by atoms with Crippen molar-refractivity contribution in [1.82, 2.24) is 24.5 Å². The number of aromatic nitrogens is 5. The van der Waals surface area contributed by atoms with Gasteiger partial charge in [-0.05, 0) is 23.9 Å². The van der Waals surface area contributed by atoms with E-state index in [9.17, 15) is 14.6 Å². The van der Waals surface area contributed by atoms with E-state index in [4.69, 9.17) is 45.1 Å². The molecule has 15 nitrogen and oxygen atoms in total. The number of imidazole rings is 1. The second-order valence-corrected chi connectivity index (χ2v) is 15.0. The highest BCUT2D eigenvalue weighted by Crippen LogP contribution is 2.58. The van der Waals surface area contributed by atoms with Gasteiger partial charge in [-0.3, -0.25) is 23.1 Å². The van der Waals surface area contributed by atoms with E-state index in [1.165, 1.54) is 23.4 Å². The molecule has 6 heterocycles. The molecule has 0 aliphatic carbocycles. The fourth-order valence-corrected chi connectivity index (χ4v) is 7.54. The number of nitrogen functional groups attached to an aromatic ring is 1. The van der Waals surface area contributed by atoms with Gasteiger partial charge in [-0.2, -0.15) is 0 Å². The number of alkyl halides is 1. The summed E-state index contributed by atoms with van der Waals surface area (Å²) in [6.07, 6.45) is -5.70. The van der Waals surface area contributed by atoms with Crippen molar-refractivity contribution in [2.24, 2.45) is 0 Å². The van der Waals surface area contributed by atoms with Gasteiger partial charge >= 0.3 is 13.5 Å². The molecule has 3 aliphatic heterocycles. The zero-order valence-corrected chi connectivity index (χ0v) is 24.7. The summed E-state index contributed by atoms with van der Waals surface area (Å²) in [5, 5.41) is 10.9. The number of halogens is 1. The van der Waals surface area contributed by atoms with E-state index in [0.717, 1.165) is 0 Å². The Bertz CT molecular complexity index is 1630. The molecule has 20 heteroatoms. The molecule has 3 aromatic rings. The fraction of sp³-hybridized carbons (Fsp3) is 0.455. The van der Waals surface area contributed by atoms with Gasteiger partial charge in [0.15, 0.2) is 23.9 Å². The number of hydrogen-bond donors (Lipinski definition) is 4. The van der Waals surface area contributed by atoms with E-state index >= 15 is 4.39 Å². The Labute approximate surface area is 247 Å². The molecule has 0 radical (unpaired) electrons. The summed E-state index contributed by atoms with van der Waals surface area (Å²) in [6.45, 7) is -9.50. The van der Waals surface area contributed by atoms with Crippen LogP contribution in [0.1, 0.15) is 11.8 Å². The molecule has 3 saturated heterocycles. The lowest BCUT2D eigenvalue weighted by molar-refractivity contribution is -0.0450. The SMILES string of the molecule is Nc1ncnc2c1ncn2[C@@H]1O[C@@H]2COP(O)(=S)O[C@@H]3[C@H](O)[C@@H](COP(=O)(S)O[C@H]2[C@H]1F)O[C@H]3C#Cc1cccnc1. The lowest BCUT2D eigenvalue weighted by atomic mass is 10.1. The number of aliphatic hydroxyl groups is 1. The molecular formula is C22H23FN6O9P2S2. The molecule has 224 valence electrons. The first-order valence-electron chi connectivity index (χ1n) is 12.3. The molecule has 3 aromatic heterocycles. The minimum absolute atomic E-state index is 0.0724. The first kappa shape index (κ1) is 29.9. The molecule has 2 bridgehead atoms. The Kier molecular flexibility index (Phi) is 8.39. The summed E-state index contributed by atoms with van der Waals surface area (Å²) >= 11 is 9.18. The van der Waals surface area contributed by atoms with Crippen molar-refractivity contribution in [3.05, 3.63) is 42.7 Å². The third-order valence-electron chi connectivity index (χ3n) is 6.60. The van der Waals surface area contributed by atoms with E-state index < -0.39 is 75.8 Å². The molecule has 2 unspecified atom stereocenters. The maximum atomic E-state index is 15.9. The number of aliphatic hydroxyl groups excluding tert-OH is 1. The zero-order valence-electron chi connectivity index (χ0n) is 21.2. The molecule has 42 heavy (non-hydrogen) atoms. The lowest BCUT2D eigenvalue weighted by Gasteiger charge is -2.25. The smallest absolute Gasteiger partial charge is 0.386 e. The Morgan fingerprint density at radius 2 is 1.98 bits per heavy atom. The van der Waals surface area contributed by atoms with Crippen molar-refractivity contribution in [2.75, 3.05) is 18.9 Å². The average Bonchev–Trinajstić information content (AvgIpc) is 3.60. The van der Waals surface area contributed by atoms with Gasteiger partial charge in [-0.1, -0.05) is 24.1 Å². The van der Waals surface area contributed by atoms with E-state index in [-0.39, 0.29) is 17.0 Å². The van der Waals surface area contributed by atoms with Crippen molar-refractivity contribution in [3.63, 3.8) is 0 Å². The number of hydrogen-bond acceptors (Lipinski definition) is 14. The minimum Gasteiger partial charge on any atom is -0.387 e. The van der Waals surface area contributed by atoms with Crippen LogP contribution in [0.25, 0.3) is 11.2 Å². The number of fused-ring (bicyclic) bond motifs is 4. The monoisotopic (exact) mass is 660 g/mol. The van der Waals surface area contributed by atoms with Gasteiger partial charge in [0, 0.05) is 18.0 Å². The Balaban J connectivity index is 1.28. The molecule has 3 fully saturated rings. The second-order valence-electron chi connectivity index (χ2n) is 9.36. The standard InChI is InChI=1S/C22H23FN6O9P2S2/c23-15-18-14(36-22(15)29-10-28-16-20(24)26-9-27-21(16)29)8-34-40(32,42)38-19-12(4-3-11-2-1-5-25-6-11)35-13(17(19)30)7-33-39(31,41)37-18/h1-2,5-6,9-10,12-15,17-19,22,30H,7-8H2,(H,31,41)(H,32,42)(H2,24,26,27)/t12-,13+,14+,15+,17+,18+,19-,22+,39?,40?/m0/s1. The number of nitrogens with zero attached hydrogens (tertiary/aromatic N) is 5. The van der Waals surface area contributed by atoms with Crippen LogP contribution in [0.15, 0.2) is 37.2 Å². The maximum absolute atomic E-state index is 15.9. The maximum Gasteiger partial charge on any atom is 0.386 e. The summed E-state index contributed by atoms with van der Waals surface area (Å²) in [4.78, 5) is 27.0. The Hall–Kier alpha value is -2.10. The number of rotatable bonds is 1. The van der Waals surface area contributed by atoms with Gasteiger partial charge in [-0.15, -0.1) is 0 Å².